The van der Waals surface area contributed by atoms with Crippen LogP contribution in [-0.4, -0.2) is 9.97 Å². The van der Waals surface area contributed by atoms with Crippen molar-refractivity contribution in [2.24, 2.45) is 0 Å². The maximum atomic E-state index is 5.18. The average Bonchev–Trinajstić information content (AvgIpc) is 2.81. The average molecular weight is 372 g/mol. The zero-order valence-electron chi connectivity index (χ0n) is 15.9. The van der Waals surface area contributed by atoms with Crippen LogP contribution in [0.3, 0.4) is 0 Å². The minimum absolute atomic E-state index is 0.0236. The number of pyridine rings is 2. The molecular formula is C27H20N2. The standard InChI is InChI=1S/C27H20N2/c1-3-11-20(12-4-1)26(24-17-9-10-18-28-24)25-19-22-15-7-8-16-23(22)27(29-25)21-13-5-2-6-14-21/h1-19,26H. The van der Waals surface area contributed by atoms with E-state index in [1.54, 1.807) is 0 Å². The van der Waals surface area contributed by atoms with Gasteiger partial charge in [-0.1, -0.05) is 91.0 Å². The highest BCUT2D eigenvalue weighted by atomic mass is 14.8. The van der Waals surface area contributed by atoms with Crippen LogP contribution in [0.4, 0.5) is 0 Å². The van der Waals surface area contributed by atoms with E-state index < -0.39 is 0 Å². The van der Waals surface area contributed by atoms with Crippen LogP contribution in [0.15, 0.2) is 115 Å². The van der Waals surface area contributed by atoms with E-state index in [4.69, 9.17) is 4.98 Å². The molecule has 0 radical (unpaired) electrons. The van der Waals surface area contributed by atoms with Crippen molar-refractivity contribution in [2.45, 2.75) is 5.92 Å². The van der Waals surface area contributed by atoms with Gasteiger partial charge in [0.2, 0.25) is 0 Å². The molecule has 5 rings (SSSR count). The van der Waals surface area contributed by atoms with Crippen molar-refractivity contribution in [2.75, 3.05) is 0 Å². The van der Waals surface area contributed by atoms with Crippen LogP contribution < -0.4 is 0 Å². The normalized spacial score (nSPS) is 12.0. The molecule has 2 heterocycles. The topological polar surface area (TPSA) is 25.8 Å². The maximum absolute atomic E-state index is 5.18. The van der Waals surface area contributed by atoms with Gasteiger partial charge in [0.25, 0.3) is 0 Å². The van der Waals surface area contributed by atoms with Gasteiger partial charge in [-0.15, -0.1) is 0 Å². The fraction of sp³-hybridized carbons (Fsp3) is 0.0370. The summed E-state index contributed by atoms with van der Waals surface area (Å²) in [6, 6.07) is 37.6. The number of fused-ring (bicyclic) bond motifs is 1. The van der Waals surface area contributed by atoms with E-state index >= 15 is 0 Å². The first-order valence-electron chi connectivity index (χ1n) is 9.81. The quantitative estimate of drug-likeness (QED) is 0.361. The van der Waals surface area contributed by atoms with Crippen LogP contribution in [0.5, 0.6) is 0 Å². The largest absolute Gasteiger partial charge is 0.260 e. The molecule has 0 spiro atoms. The molecule has 1 unspecified atom stereocenters. The van der Waals surface area contributed by atoms with Crippen molar-refractivity contribution in [3.8, 4) is 11.3 Å². The second kappa shape index (κ2) is 7.69. The van der Waals surface area contributed by atoms with E-state index in [1.165, 1.54) is 10.9 Å². The molecule has 1 atom stereocenters. The number of rotatable bonds is 4. The van der Waals surface area contributed by atoms with Crippen molar-refractivity contribution < 1.29 is 0 Å². The Morgan fingerprint density at radius 1 is 0.586 bits per heavy atom. The predicted octanol–water partition coefficient (Wildman–Crippen LogP) is 6.48. The molecule has 0 bridgehead atoms. The van der Waals surface area contributed by atoms with Crippen LogP contribution in [0.25, 0.3) is 22.0 Å². The zero-order chi connectivity index (χ0) is 19.5. The Hall–Kier alpha value is -3.78. The first-order chi connectivity index (χ1) is 14.4. The van der Waals surface area contributed by atoms with Gasteiger partial charge in [-0.3, -0.25) is 9.97 Å². The number of aromatic nitrogens is 2. The smallest absolute Gasteiger partial charge is 0.0784 e. The third kappa shape index (κ3) is 3.41. The summed E-state index contributed by atoms with van der Waals surface area (Å²) in [7, 11) is 0. The van der Waals surface area contributed by atoms with E-state index in [1.807, 2.05) is 30.5 Å². The molecule has 138 valence electrons. The Labute approximate surface area is 170 Å². The van der Waals surface area contributed by atoms with Gasteiger partial charge in [-0.2, -0.15) is 0 Å². The minimum atomic E-state index is -0.0236. The highest BCUT2D eigenvalue weighted by Gasteiger charge is 2.21. The molecule has 0 aliphatic heterocycles. The maximum Gasteiger partial charge on any atom is 0.0784 e. The molecule has 29 heavy (non-hydrogen) atoms. The van der Waals surface area contributed by atoms with Crippen LogP contribution in [0, 0.1) is 0 Å². The summed E-state index contributed by atoms with van der Waals surface area (Å²) < 4.78 is 0. The molecule has 3 aromatic carbocycles. The van der Waals surface area contributed by atoms with Crippen molar-refractivity contribution in [1.29, 1.82) is 0 Å². The lowest BCUT2D eigenvalue weighted by Gasteiger charge is -2.19. The number of nitrogens with zero attached hydrogens (tertiary/aromatic N) is 2. The number of hydrogen-bond acceptors (Lipinski definition) is 2. The van der Waals surface area contributed by atoms with Gasteiger partial charge in [0.15, 0.2) is 0 Å². The first kappa shape index (κ1) is 17.3. The molecule has 0 saturated carbocycles. The first-order valence-corrected chi connectivity index (χ1v) is 9.81. The molecule has 5 aromatic rings. The van der Waals surface area contributed by atoms with Crippen LogP contribution in [0.1, 0.15) is 22.9 Å². The Morgan fingerprint density at radius 2 is 1.28 bits per heavy atom. The van der Waals surface area contributed by atoms with E-state index in [0.717, 1.165) is 28.0 Å². The van der Waals surface area contributed by atoms with Crippen LogP contribution in [0.2, 0.25) is 0 Å². The van der Waals surface area contributed by atoms with Gasteiger partial charge in [0.1, 0.15) is 0 Å². The van der Waals surface area contributed by atoms with Crippen molar-refractivity contribution in [1.82, 2.24) is 9.97 Å². The predicted molar refractivity (Wildman–Crippen MR) is 119 cm³/mol. The summed E-state index contributed by atoms with van der Waals surface area (Å²) in [5.41, 5.74) is 5.33. The second-order valence-corrected chi connectivity index (χ2v) is 7.08. The summed E-state index contributed by atoms with van der Waals surface area (Å²) in [6.07, 6.45) is 1.85. The molecule has 0 saturated heterocycles. The monoisotopic (exact) mass is 372 g/mol. The summed E-state index contributed by atoms with van der Waals surface area (Å²) in [6.45, 7) is 0. The lowest BCUT2D eigenvalue weighted by Crippen LogP contribution is -2.08. The highest BCUT2D eigenvalue weighted by molar-refractivity contribution is 5.95. The van der Waals surface area contributed by atoms with Crippen LogP contribution >= 0.6 is 0 Å². The van der Waals surface area contributed by atoms with Crippen molar-refractivity contribution in [3.05, 3.63) is 132 Å². The lowest BCUT2D eigenvalue weighted by molar-refractivity contribution is 0.880. The lowest BCUT2D eigenvalue weighted by atomic mass is 9.90. The molecule has 0 aliphatic rings. The third-order valence-corrected chi connectivity index (χ3v) is 5.22. The zero-order valence-corrected chi connectivity index (χ0v) is 15.9. The van der Waals surface area contributed by atoms with Gasteiger partial charge in [-0.05, 0) is 29.1 Å². The van der Waals surface area contributed by atoms with Gasteiger partial charge < -0.3 is 0 Å². The molecule has 0 fully saturated rings. The summed E-state index contributed by atoms with van der Waals surface area (Å²) >= 11 is 0. The number of benzene rings is 3. The third-order valence-electron chi connectivity index (χ3n) is 5.22. The summed E-state index contributed by atoms with van der Waals surface area (Å²) in [5, 5.41) is 2.35. The Bertz CT molecular complexity index is 1190. The summed E-state index contributed by atoms with van der Waals surface area (Å²) in [4.78, 5) is 9.86. The van der Waals surface area contributed by atoms with Crippen molar-refractivity contribution in [3.63, 3.8) is 0 Å². The molecule has 0 N–H and O–H groups in total. The Balaban J connectivity index is 1.78. The van der Waals surface area contributed by atoms with Gasteiger partial charge in [0, 0.05) is 17.1 Å². The molecule has 0 amide bonds. The fourth-order valence-electron chi connectivity index (χ4n) is 3.87. The SMILES string of the molecule is c1ccc(-c2nc(C(c3ccccc3)c3ccccn3)cc3ccccc23)cc1. The van der Waals surface area contributed by atoms with E-state index in [0.29, 0.717) is 0 Å². The highest BCUT2D eigenvalue weighted by Crippen LogP contribution is 2.34. The Kier molecular flexibility index (Phi) is 4.59. The molecular weight excluding hydrogens is 352 g/mol. The van der Waals surface area contributed by atoms with Gasteiger partial charge in [-0.25, -0.2) is 0 Å². The van der Waals surface area contributed by atoms with E-state index in [9.17, 15) is 0 Å². The Morgan fingerprint density at radius 3 is 2.03 bits per heavy atom. The minimum Gasteiger partial charge on any atom is -0.260 e. The molecule has 2 aromatic heterocycles. The summed E-state index contributed by atoms with van der Waals surface area (Å²) in [5.74, 6) is -0.0236. The number of hydrogen-bond donors (Lipinski definition) is 0. The molecule has 0 aliphatic carbocycles. The van der Waals surface area contributed by atoms with E-state index in [-0.39, 0.29) is 5.92 Å². The van der Waals surface area contributed by atoms with Crippen molar-refractivity contribution >= 4 is 10.8 Å². The van der Waals surface area contributed by atoms with Gasteiger partial charge in [0.05, 0.1) is 23.0 Å². The second-order valence-electron chi connectivity index (χ2n) is 7.08. The van der Waals surface area contributed by atoms with Crippen LogP contribution in [-0.2, 0) is 0 Å². The molecule has 2 nitrogen and oxygen atoms in total. The fourth-order valence-corrected chi connectivity index (χ4v) is 3.87. The molecule has 2 heteroatoms. The van der Waals surface area contributed by atoms with E-state index in [2.05, 4.69) is 89.9 Å². The van der Waals surface area contributed by atoms with Gasteiger partial charge >= 0.3 is 0 Å².